The third kappa shape index (κ3) is 8.09. The second-order valence-corrected chi connectivity index (χ2v) is 9.16. The smallest absolute Gasteiger partial charge is 0.316 e. The molecule has 0 aliphatic rings. The van der Waals surface area contributed by atoms with Gasteiger partial charge in [0.15, 0.2) is 0 Å². The van der Waals surface area contributed by atoms with E-state index in [0.717, 1.165) is 11.8 Å². The van der Waals surface area contributed by atoms with Crippen LogP contribution in [0.15, 0.2) is 24.3 Å². The number of methoxy groups -OCH3 is 1. The summed E-state index contributed by atoms with van der Waals surface area (Å²) in [6.45, 7) is 8.95. The van der Waals surface area contributed by atoms with Crippen LogP contribution in [-0.4, -0.2) is 31.1 Å². The van der Waals surface area contributed by atoms with Crippen molar-refractivity contribution < 1.29 is 28.7 Å². The third-order valence-electron chi connectivity index (χ3n) is 5.31. The van der Waals surface area contributed by atoms with Gasteiger partial charge in [-0.1, -0.05) is 19.1 Å². The fraction of sp³-hybridized carbons (Fsp3) is 0.583. The number of carbonyl (C=O) groups is 4. The fourth-order valence-corrected chi connectivity index (χ4v) is 2.83. The van der Waals surface area contributed by atoms with E-state index in [2.05, 4.69) is 0 Å². The highest BCUT2D eigenvalue weighted by molar-refractivity contribution is 5.82. The van der Waals surface area contributed by atoms with Crippen LogP contribution in [0.25, 0.3) is 0 Å². The Kier molecular flexibility index (Phi) is 9.40. The number of esters is 2. The molecule has 1 rings (SSSR count). The molecule has 0 fully saturated rings. The van der Waals surface area contributed by atoms with E-state index in [1.165, 1.54) is 7.11 Å². The standard InChI is InChI=1S/C24H34O6/c1-17(16-25)11-13-24(4,5)22(28)30-20-9-7-18(8-10-20)15-19(26)12-14-23(2,3)21(27)29-6/h7-10,16-17H,11-15H2,1-6H3. The Morgan fingerprint density at radius 1 is 0.967 bits per heavy atom. The molecule has 0 bridgehead atoms. The predicted octanol–water partition coefficient (Wildman–Crippen LogP) is 4.32. The fourth-order valence-electron chi connectivity index (χ4n) is 2.83. The number of Topliss-reactive ketones (excluding diaryl/α,β-unsaturated/α-hetero) is 1. The number of ketones is 1. The lowest BCUT2D eigenvalue weighted by molar-refractivity contribution is -0.151. The maximum absolute atomic E-state index is 12.5. The topological polar surface area (TPSA) is 86.7 Å². The molecule has 0 radical (unpaired) electrons. The van der Waals surface area contributed by atoms with Crippen LogP contribution in [0.1, 0.15) is 65.9 Å². The third-order valence-corrected chi connectivity index (χ3v) is 5.31. The van der Waals surface area contributed by atoms with Crippen LogP contribution in [0.5, 0.6) is 5.75 Å². The molecule has 30 heavy (non-hydrogen) atoms. The normalized spacial score (nSPS) is 12.7. The van der Waals surface area contributed by atoms with E-state index in [1.54, 1.807) is 52.0 Å². The van der Waals surface area contributed by atoms with Gasteiger partial charge in [0, 0.05) is 18.8 Å². The Morgan fingerprint density at radius 3 is 2.07 bits per heavy atom. The Morgan fingerprint density at radius 2 is 1.53 bits per heavy atom. The molecule has 0 amide bonds. The van der Waals surface area contributed by atoms with E-state index in [1.807, 2.05) is 6.92 Å². The van der Waals surface area contributed by atoms with Crippen LogP contribution < -0.4 is 4.74 Å². The summed E-state index contributed by atoms with van der Waals surface area (Å²) in [5.41, 5.74) is -0.577. The van der Waals surface area contributed by atoms with Gasteiger partial charge in [0.1, 0.15) is 17.8 Å². The van der Waals surface area contributed by atoms with Gasteiger partial charge >= 0.3 is 11.9 Å². The second kappa shape index (κ2) is 11.0. The first kappa shape index (κ1) is 25.5. The summed E-state index contributed by atoms with van der Waals surface area (Å²) in [6, 6.07) is 6.85. The molecule has 1 atom stereocenters. The molecule has 6 heteroatoms. The molecule has 1 aromatic rings. The zero-order valence-electron chi connectivity index (χ0n) is 18.9. The van der Waals surface area contributed by atoms with Crippen molar-refractivity contribution in [1.82, 2.24) is 0 Å². The molecule has 0 aromatic heterocycles. The van der Waals surface area contributed by atoms with E-state index in [9.17, 15) is 19.2 Å². The lowest BCUT2D eigenvalue weighted by Crippen LogP contribution is -2.29. The summed E-state index contributed by atoms with van der Waals surface area (Å²) in [5.74, 6) is -0.326. The van der Waals surface area contributed by atoms with E-state index in [0.29, 0.717) is 25.0 Å². The highest BCUT2D eigenvalue weighted by Crippen LogP contribution is 2.28. The molecular formula is C24H34O6. The van der Waals surface area contributed by atoms with Crippen LogP contribution in [0, 0.1) is 16.7 Å². The number of benzene rings is 1. The van der Waals surface area contributed by atoms with Crippen molar-refractivity contribution >= 4 is 24.0 Å². The van der Waals surface area contributed by atoms with E-state index < -0.39 is 10.8 Å². The average Bonchev–Trinajstić information content (AvgIpc) is 2.71. The van der Waals surface area contributed by atoms with Gasteiger partial charge in [-0.2, -0.15) is 0 Å². The van der Waals surface area contributed by atoms with Crippen molar-refractivity contribution in [2.45, 2.75) is 66.7 Å². The Bertz CT molecular complexity index is 745. The SMILES string of the molecule is COC(=O)C(C)(C)CCC(=O)Cc1ccc(OC(=O)C(C)(C)CCC(C)C=O)cc1. The van der Waals surface area contributed by atoms with Gasteiger partial charge in [0.25, 0.3) is 0 Å². The molecule has 1 unspecified atom stereocenters. The first-order valence-corrected chi connectivity index (χ1v) is 10.3. The van der Waals surface area contributed by atoms with Crippen LogP contribution in [0.4, 0.5) is 0 Å². The van der Waals surface area contributed by atoms with Gasteiger partial charge in [-0.15, -0.1) is 0 Å². The summed E-state index contributed by atoms with van der Waals surface area (Å²) < 4.78 is 10.2. The molecule has 0 saturated heterocycles. The minimum absolute atomic E-state index is 0.0298. The Hall–Kier alpha value is -2.50. The van der Waals surface area contributed by atoms with Crippen LogP contribution >= 0.6 is 0 Å². The number of aldehydes is 1. The van der Waals surface area contributed by atoms with E-state index in [4.69, 9.17) is 9.47 Å². The van der Waals surface area contributed by atoms with E-state index in [-0.39, 0.29) is 36.5 Å². The zero-order chi connectivity index (χ0) is 22.9. The molecular weight excluding hydrogens is 384 g/mol. The first-order valence-electron chi connectivity index (χ1n) is 10.3. The Labute approximate surface area is 179 Å². The highest BCUT2D eigenvalue weighted by atomic mass is 16.5. The molecule has 0 spiro atoms. The number of carbonyl (C=O) groups excluding carboxylic acids is 4. The van der Waals surface area contributed by atoms with Gasteiger partial charge < -0.3 is 14.3 Å². The van der Waals surface area contributed by atoms with Gasteiger partial charge in [-0.3, -0.25) is 14.4 Å². The molecule has 166 valence electrons. The predicted molar refractivity (Wildman–Crippen MR) is 114 cm³/mol. The zero-order valence-corrected chi connectivity index (χ0v) is 18.9. The number of rotatable bonds is 12. The molecule has 0 aliphatic heterocycles. The van der Waals surface area contributed by atoms with Gasteiger partial charge in [0.2, 0.25) is 0 Å². The van der Waals surface area contributed by atoms with Crippen molar-refractivity contribution in [3.63, 3.8) is 0 Å². The lowest BCUT2D eigenvalue weighted by atomic mass is 9.85. The van der Waals surface area contributed by atoms with Gasteiger partial charge in [0.05, 0.1) is 17.9 Å². The highest BCUT2D eigenvalue weighted by Gasteiger charge is 2.30. The number of hydrogen-bond acceptors (Lipinski definition) is 6. The first-order chi connectivity index (χ1) is 13.9. The van der Waals surface area contributed by atoms with Crippen molar-refractivity contribution in [2.75, 3.05) is 7.11 Å². The summed E-state index contributed by atoms with van der Waals surface area (Å²) in [6.07, 6.45) is 3.02. The second-order valence-electron chi connectivity index (χ2n) is 9.16. The summed E-state index contributed by atoms with van der Waals surface area (Å²) in [5, 5.41) is 0. The van der Waals surface area contributed by atoms with E-state index >= 15 is 0 Å². The average molecular weight is 419 g/mol. The minimum Gasteiger partial charge on any atom is -0.469 e. The summed E-state index contributed by atoms with van der Waals surface area (Å²) in [7, 11) is 1.34. The molecule has 0 aliphatic carbocycles. The molecule has 0 saturated carbocycles. The molecule has 1 aromatic carbocycles. The summed E-state index contributed by atoms with van der Waals surface area (Å²) >= 11 is 0. The summed E-state index contributed by atoms with van der Waals surface area (Å²) in [4.78, 5) is 47.2. The van der Waals surface area contributed by atoms with Gasteiger partial charge in [-0.05, 0) is 64.7 Å². The van der Waals surface area contributed by atoms with Crippen LogP contribution in [-0.2, 0) is 30.3 Å². The van der Waals surface area contributed by atoms with Crippen LogP contribution in [0.2, 0.25) is 0 Å². The maximum Gasteiger partial charge on any atom is 0.316 e. The quantitative estimate of drug-likeness (QED) is 0.285. The molecule has 6 nitrogen and oxygen atoms in total. The van der Waals surface area contributed by atoms with Crippen molar-refractivity contribution in [1.29, 1.82) is 0 Å². The number of ether oxygens (including phenoxy) is 2. The van der Waals surface area contributed by atoms with Crippen LogP contribution in [0.3, 0.4) is 0 Å². The van der Waals surface area contributed by atoms with Gasteiger partial charge in [-0.25, -0.2) is 0 Å². The molecule has 0 heterocycles. The largest absolute Gasteiger partial charge is 0.469 e. The van der Waals surface area contributed by atoms with Crippen molar-refractivity contribution in [3.05, 3.63) is 29.8 Å². The minimum atomic E-state index is -0.696. The maximum atomic E-state index is 12.5. The Balaban J connectivity index is 2.58. The number of hydrogen-bond donors (Lipinski definition) is 0. The van der Waals surface area contributed by atoms with Crippen molar-refractivity contribution in [3.8, 4) is 5.75 Å². The lowest BCUT2D eigenvalue weighted by Gasteiger charge is -2.23. The molecule has 0 N–H and O–H groups in total. The van der Waals surface area contributed by atoms with Crippen molar-refractivity contribution in [2.24, 2.45) is 16.7 Å². The monoisotopic (exact) mass is 418 g/mol.